The zero-order chi connectivity index (χ0) is 12.7. The summed E-state index contributed by atoms with van der Waals surface area (Å²) in [5, 5.41) is 12.1. The summed E-state index contributed by atoms with van der Waals surface area (Å²) in [5.41, 5.74) is -1.34. The Morgan fingerprint density at radius 3 is 2.24 bits per heavy atom. The molecule has 0 saturated carbocycles. The number of amides is 1. The van der Waals surface area contributed by atoms with Gasteiger partial charge in [0.2, 0.25) is 5.91 Å². The van der Waals surface area contributed by atoms with Gasteiger partial charge >= 0.3 is 0 Å². The van der Waals surface area contributed by atoms with Gasteiger partial charge in [-0.2, -0.15) is 5.26 Å². The minimum Gasteiger partial charge on any atom is -0.394 e. The summed E-state index contributed by atoms with van der Waals surface area (Å²) < 4.78 is 5.90. The van der Waals surface area contributed by atoms with Crippen molar-refractivity contribution in [2.45, 2.75) is 37.2 Å². The van der Waals surface area contributed by atoms with Crippen LogP contribution in [-0.4, -0.2) is 25.4 Å². The van der Waals surface area contributed by atoms with Crippen molar-refractivity contribution >= 4 is 14.2 Å². The van der Waals surface area contributed by atoms with Gasteiger partial charge in [-0.25, -0.2) is 0 Å². The predicted molar refractivity (Wildman–Crippen MR) is 66.5 cm³/mol. The first-order chi connectivity index (χ1) is 7.78. The molecule has 1 aliphatic carbocycles. The number of nitrogens with one attached hydrogen (secondary N) is 1. The van der Waals surface area contributed by atoms with Gasteiger partial charge in [0.15, 0.2) is 13.9 Å². The lowest BCUT2D eigenvalue weighted by atomic mass is 9.80. The van der Waals surface area contributed by atoms with Crippen LogP contribution in [0, 0.1) is 11.3 Å². The van der Waals surface area contributed by atoms with Crippen LogP contribution in [0.3, 0.4) is 0 Å². The van der Waals surface area contributed by atoms with Crippen LogP contribution in [0.2, 0.25) is 19.6 Å². The Hall–Kier alpha value is -1.38. The molecule has 0 atom stereocenters. The molecular weight excluding hydrogens is 232 g/mol. The topological polar surface area (TPSA) is 62.1 Å². The van der Waals surface area contributed by atoms with Gasteiger partial charge in [0.1, 0.15) is 6.07 Å². The molecule has 0 aromatic carbocycles. The number of rotatable bonds is 2. The number of carbonyl (C=O) groups excluding carboxylic acids is 1. The average molecular weight is 248 g/mol. The van der Waals surface area contributed by atoms with Gasteiger partial charge in [-0.3, -0.25) is 4.79 Å². The summed E-state index contributed by atoms with van der Waals surface area (Å²) in [6.45, 7) is 6.13. The van der Waals surface area contributed by atoms with Gasteiger partial charge in [-0.15, -0.1) is 0 Å². The number of carbonyl (C=O) groups is 1. The van der Waals surface area contributed by atoms with Gasteiger partial charge in [-0.05, 0) is 31.8 Å². The lowest BCUT2D eigenvalue weighted by Gasteiger charge is -2.41. The van der Waals surface area contributed by atoms with Crippen LogP contribution in [0.25, 0.3) is 0 Å². The van der Waals surface area contributed by atoms with Gasteiger partial charge in [0.25, 0.3) is 0 Å². The van der Waals surface area contributed by atoms with E-state index in [1.807, 2.05) is 31.8 Å². The number of hydrogen-bond acceptors (Lipinski definition) is 3. The van der Waals surface area contributed by atoms with Crippen LogP contribution < -0.4 is 5.32 Å². The molecule has 0 aromatic heterocycles. The van der Waals surface area contributed by atoms with E-state index in [0.29, 0.717) is 6.42 Å². The summed E-state index contributed by atoms with van der Waals surface area (Å²) in [7, 11) is -1.80. The molecule has 0 bridgehead atoms. The van der Waals surface area contributed by atoms with Crippen molar-refractivity contribution in [1.82, 2.24) is 5.32 Å². The Morgan fingerprint density at radius 2 is 1.88 bits per heavy atom. The molecule has 1 N–H and O–H groups in total. The van der Waals surface area contributed by atoms with E-state index < -0.39 is 13.9 Å². The standard InChI is InChI=1S/C12H16N2O2Si/c1-17(2,3)16-12(9-13)6-4-11(5-7-12)8-10(15)14-11/h4-7H,8H2,1-3H3,(H,14,15). The minimum atomic E-state index is -1.80. The Bertz CT molecular complexity index is 430. The lowest BCUT2D eigenvalue weighted by molar-refractivity contribution is -0.129. The summed E-state index contributed by atoms with van der Waals surface area (Å²) in [4.78, 5) is 11.0. The highest BCUT2D eigenvalue weighted by Crippen LogP contribution is 2.32. The number of hydrogen-bond donors (Lipinski definition) is 1. The van der Waals surface area contributed by atoms with Crippen LogP contribution >= 0.6 is 0 Å². The Balaban J connectivity index is 2.17. The van der Waals surface area contributed by atoms with E-state index in [1.54, 1.807) is 12.2 Å². The van der Waals surface area contributed by atoms with Crippen molar-refractivity contribution in [3.63, 3.8) is 0 Å². The molecular formula is C12H16N2O2Si. The first kappa shape index (κ1) is 12.1. The van der Waals surface area contributed by atoms with E-state index in [2.05, 4.69) is 11.4 Å². The summed E-state index contributed by atoms with van der Waals surface area (Å²) >= 11 is 0. The second-order valence-electron chi connectivity index (χ2n) is 5.55. The highest BCUT2D eigenvalue weighted by atomic mass is 28.4. The van der Waals surface area contributed by atoms with E-state index in [-0.39, 0.29) is 11.4 Å². The molecule has 2 rings (SSSR count). The van der Waals surface area contributed by atoms with Gasteiger partial charge in [0, 0.05) is 0 Å². The SMILES string of the molecule is C[Si](C)(C)OC1(C#N)C=CC2(C=C1)CC(=O)N2. The number of nitrogens with zero attached hydrogens (tertiary/aromatic N) is 1. The quantitative estimate of drug-likeness (QED) is 0.457. The molecule has 5 heteroatoms. The largest absolute Gasteiger partial charge is 0.394 e. The van der Waals surface area contributed by atoms with Crippen LogP contribution in [0.5, 0.6) is 0 Å². The minimum absolute atomic E-state index is 0.0369. The second-order valence-corrected chi connectivity index (χ2v) is 9.98. The molecule has 1 spiro atoms. The molecule has 1 aliphatic heterocycles. The van der Waals surface area contributed by atoms with Crippen LogP contribution in [0.15, 0.2) is 24.3 Å². The maximum atomic E-state index is 11.0. The van der Waals surface area contributed by atoms with Crippen LogP contribution in [-0.2, 0) is 9.22 Å². The average Bonchev–Trinajstić information content (AvgIpc) is 2.17. The maximum absolute atomic E-state index is 11.0. The first-order valence-electron chi connectivity index (χ1n) is 5.61. The van der Waals surface area contributed by atoms with Crippen molar-refractivity contribution in [2.24, 2.45) is 0 Å². The molecule has 0 aromatic rings. The Morgan fingerprint density at radius 1 is 1.35 bits per heavy atom. The molecule has 1 amide bonds. The van der Waals surface area contributed by atoms with Crippen molar-refractivity contribution < 1.29 is 9.22 Å². The normalized spacial score (nSPS) is 35.3. The van der Waals surface area contributed by atoms with Gasteiger partial charge < -0.3 is 9.74 Å². The number of nitriles is 1. The summed E-state index contributed by atoms with van der Waals surface area (Å²) in [5.74, 6) is 0.0369. The van der Waals surface area contributed by atoms with Crippen molar-refractivity contribution in [1.29, 1.82) is 5.26 Å². The molecule has 1 saturated heterocycles. The molecule has 17 heavy (non-hydrogen) atoms. The third-order valence-electron chi connectivity index (χ3n) is 2.73. The lowest BCUT2D eigenvalue weighted by Crippen LogP contribution is -2.60. The first-order valence-corrected chi connectivity index (χ1v) is 9.02. The molecule has 0 unspecified atom stereocenters. The summed E-state index contributed by atoms with van der Waals surface area (Å²) in [6, 6.07) is 2.20. The van der Waals surface area contributed by atoms with E-state index in [1.165, 1.54) is 0 Å². The van der Waals surface area contributed by atoms with E-state index >= 15 is 0 Å². The number of β-lactam (4-membered cyclic amide) rings is 1. The fourth-order valence-corrected chi connectivity index (χ4v) is 3.23. The van der Waals surface area contributed by atoms with Gasteiger partial charge in [-0.1, -0.05) is 12.2 Å². The van der Waals surface area contributed by atoms with E-state index in [0.717, 1.165) is 0 Å². The molecule has 90 valence electrons. The Labute approximate surface area is 102 Å². The van der Waals surface area contributed by atoms with E-state index in [9.17, 15) is 10.1 Å². The van der Waals surface area contributed by atoms with Crippen LogP contribution in [0.4, 0.5) is 0 Å². The third-order valence-corrected chi connectivity index (χ3v) is 3.68. The smallest absolute Gasteiger partial charge is 0.223 e. The molecule has 4 nitrogen and oxygen atoms in total. The molecule has 1 heterocycles. The Kier molecular flexibility index (Phi) is 2.53. The van der Waals surface area contributed by atoms with Crippen molar-refractivity contribution in [3.05, 3.63) is 24.3 Å². The molecule has 0 radical (unpaired) electrons. The van der Waals surface area contributed by atoms with Crippen LogP contribution in [0.1, 0.15) is 6.42 Å². The zero-order valence-electron chi connectivity index (χ0n) is 10.3. The highest BCUT2D eigenvalue weighted by molar-refractivity contribution is 6.69. The van der Waals surface area contributed by atoms with Crippen molar-refractivity contribution in [3.8, 4) is 6.07 Å². The maximum Gasteiger partial charge on any atom is 0.223 e. The van der Waals surface area contributed by atoms with Gasteiger partial charge in [0.05, 0.1) is 12.0 Å². The third kappa shape index (κ3) is 2.33. The fraction of sp³-hybridized carbons (Fsp3) is 0.500. The summed E-state index contributed by atoms with van der Waals surface area (Å²) in [6.07, 6.45) is 7.68. The second kappa shape index (κ2) is 3.55. The molecule has 1 fully saturated rings. The fourth-order valence-electron chi connectivity index (χ4n) is 2.04. The van der Waals surface area contributed by atoms with E-state index in [4.69, 9.17) is 4.43 Å². The predicted octanol–water partition coefficient (Wildman–Crippen LogP) is 1.48. The monoisotopic (exact) mass is 248 g/mol. The zero-order valence-corrected chi connectivity index (χ0v) is 11.3. The molecule has 2 aliphatic rings. The van der Waals surface area contributed by atoms with Crippen molar-refractivity contribution in [2.75, 3.05) is 0 Å². The highest BCUT2D eigenvalue weighted by Gasteiger charge is 2.43.